The van der Waals surface area contributed by atoms with E-state index in [9.17, 15) is 14.4 Å². The van der Waals surface area contributed by atoms with Crippen LogP contribution in [0, 0.1) is 5.41 Å². The highest BCUT2D eigenvalue weighted by Crippen LogP contribution is 2.48. The lowest BCUT2D eigenvalue weighted by Gasteiger charge is -2.52. The van der Waals surface area contributed by atoms with Gasteiger partial charge in [0.2, 0.25) is 0 Å². The summed E-state index contributed by atoms with van der Waals surface area (Å²) in [5, 5.41) is 0.609. The summed E-state index contributed by atoms with van der Waals surface area (Å²) >= 11 is 6.59. The molecule has 0 bridgehead atoms. The van der Waals surface area contributed by atoms with Crippen molar-refractivity contribution in [2.45, 2.75) is 77.0 Å². The maximum Gasteiger partial charge on any atom is 0.303 e. The minimum Gasteiger partial charge on any atom is -0.490 e. The number of rotatable bonds is 9. The number of carbonyl (C=O) groups is 3. The lowest BCUT2D eigenvalue weighted by atomic mass is 9.65. The molecule has 4 atom stereocenters. The zero-order valence-corrected chi connectivity index (χ0v) is 24.2. The van der Waals surface area contributed by atoms with Crippen molar-refractivity contribution in [2.24, 2.45) is 5.41 Å². The number of benzene rings is 2. The van der Waals surface area contributed by atoms with Gasteiger partial charge in [0.15, 0.2) is 6.10 Å². The Hall–Kier alpha value is -3.14. The number of ether oxygens (including phenoxy) is 6. The summed E-state index contributed by atoms with van der Waals surface area (Å²) in [5.74, 6) is -0.730. The average Bonchev–Trinajstić information content (AvgIpc) is 2.86. The Morgan fingerprint density at radius 3 is 2.27 bits per heavy atom. The first-order valence-electron chi connectivity index (χ1n) is 13.8. The van der Waals surface area contributed by atoms with Crippen LogP contribution < -0.4 is 4.74 Å². The number of esters is 3. The predicted octanol–water partition coefficient (Wildman–Crippen LogP) is 4.75. The molecule has 3 fully saturated rings. The third-order valence-electron chi connectivity index (χ3n) is 7.79. The Bertz CT molecular complexity index is 1260. The molecule has 2 aromatic rings. The molecule has 1 saturated carbocycles. The Kier molecular flexibility index (Phi) is 8.87. The fraction of sp³-hybridized carbons (Fsp3) is 0.516. The first-order chi connectivity index (χ1) is 19.6. The Morgan fingerprint density at radius 2 is 1.66 bits per heavy atom. The third kappa shape index (κ3) is 7.20. The zero-order chi connectivity index (χ0) is 29.1. The normalized spacial score (nSPS) is 25.0. The van der Waals surface area contributed by atoms with Crippen LogP contribution in [0.15, 0.2) is 42.5 Å². The highest BCUT2D eigenvalue weighted by atomic mass is 35.5. The lowest BCUT2D eigenvalue weighted by Crippen LogP contribution is -2.56. The molecule has 1 spiro atoms. The van der Waals surface area contributed by atoms with Gasteiger partial charge in [-0.05, 0) is 54.2 Å². The molecule has 220 valence electrons. The van der Waals surface area contributed by atoms with Gasteiger partial charge in [-0.25, -0.2) is 0 Å². The van der Waals surface area contributed by atoms with Crippen molar-refractivity contribution in [3.63, 3.8) is 0 Å². The molecule has 2 aromatic carbocycles. The first kappa shape index (κ1) is 29.4. The van der Waals surface area contributed by atoms with Crippen molar-refractivity contribution < 1.29 is 42.8 Å². The van der Waals surface area contributed by atoms with Gasteiger partial charge in [-0.1, -0.05) is 35.9 Å². The van der Waals surface area contributed by atoms with E-state index in [1.807, 2.05) is 42.5 Å². The Morgan fingerprint density at radius 1 is 0.951 bits per heavy atom. The van der Waals surface area contributed by atoms with Gasteiger partial charge in [0.05, 0.1) is 19.3 Å². The third-order valence-corrected chi connectivity index (χ3v) is 8.16. The molecule has 1 unspecified atom stereocenters. The average molecular weight is 587 g/mol. The second-order valence-corrected chi connectivity index (χ2v) is 11.6. The van der Waals surface area contributed by atoms with Crippen molar-refractivity contribution in [1.29, 1.82) is 0 Å². The van der Waals surface area contributed by atoms with E-state index in [0.29, 0.717) is 16.9 Å². The minimum atomic E-state index is -0.924. The molecular weight excluding hydrogens is 552 g/mol. The molecule has 2 heterocycles. The molecule has 0 amide bonds. The minimum absolute atomic E-state index is 0.161. The van der Waals surface area contributed by atoms with Crippen LogP contribution in [0.1, 0.15) is 62.8 Å². The second kappa shape index (κ2) is 12.4. The zero-order valence-electron chi connectivity index (χ0n) is 23.4. The predicted molar refractivity (Wildman–Crippen MR) is 148 cm³/mol. The molecular formula is C31H35ClO9. The van der Waals surface area contributed by atoms with Gasteiger partial charge >= 0.3 is 17.9 Å². The number of carbonyl (C=O) groups excluding carboxylic acids is 3. The summed E-state index contributed by atoms with van der Waals surface area (Å²) in [6, 6.07) is 13.7. The van der Waals surface area contributed by atoms with Gasteiger partial charge in [-0.2, -0.15) is 0 Å². The monoisotopic (exact) mass is 586 g/mol. The van der Waals surface area contributed by atoms with Crippen LogP contribution in [0.25, 0.3) is 0 Å². The maximum atomic E-state index is 11.9. The number of hydrogen-bond acceptors (Lipinski definition) is 9. The van der Waals surface area contributed by atoms with Crippen LogP contribution >= 0.6 is 11.6 Å². The van der Waals surface area contributed by atoms with E-state index in [0.717, 1.165) is 48.5 Å². The maximum absolute atomic E-state index is 11.9. The summed E-state index contributed by atoms with van der Waals surface area (Å²) in [7, 11) is 0. The summed E-state index contributed by atoms with van der Waals surface area (Å²) < 4.78 is 33.9. The number of hydrogen-bond donors (Lipinski definition) is 0. The van der Waals surface area contributed by atoms with Crippen LogP contribution in [0.2, 0.25) is 5.02 Å². The van der Waals surface area contributed by atoms with Crippen molar-refractivity contribution in [3.8, 4) is 5.75 Å². The summed E-state index contributed by atoms with van der Waals surface area (Å²) in [4.78, 5) is 35.2. The highest BCUT2D eigenvalue weighted by molar-refractivity contribution is 6.31. The molecule has 0 aromatic heterocycles. The van der Waals surface area contributed by atoms with Gasteiger partial charge in [-0.3, -0.25) is 14.4 Å². The van der Waals surface area contributed by atoms with E-state index in [1.54, 1.807) is 0 Å². The summed E-state index contributed by atoms with van der Waals surface area (Å²) in [5.41, 5.74) is 3.14. The fourth-order valence-corrected chi connectivity index (χ4v) is 5.98. The van der Waals surface area contributed by atoms with E-state index in [4.69, 9.17) is 40.0 Å². The van der Waals surface area contributed by atoms with Crippen LogP contribution in [0.5, 0.6) is 5.75 Å². The molecule has 0 radical (unpaired) electrons. The van der Waals surface area contributed by atoms with Crippen molar-refractivity contribution in [3.05, 3.63) is 64.2 Å². The quantitative estimate of drug-likeness (QED) is 0.304. The molecule has 1 aliphatic carbocycles. The largest absolute Gasteiger partial charge is 0.490 e. The standard InChI is InChI=1S/C31H35ClO9/c1-18(33)37-15-29-30(39-20(3)35)28(38-19(2)34)12-27(41-29)22-6-9-26(32)23(11-22)10-21-4-7-24(8-5-21)40-25-13-31(14-25)16-36-17-31/h4-9,11,25,27-30H,10,12-17H2,1-3H3/t27?,28-,29-,30+/m1/s1. The Labute approximate surface area is 244 Å². The SMILES string of the molecule is CC(=O)OC[C@H]1OC(c2ccc(Cl)c(Cc3ccc(OC4CC5(COC5)C4)cc3)c2)C[C@@H](OC(C)=O)[C@@H]1OC(C)=O. The number of halogens is 1. The molecule has 2 saturated heterocycles. The smallest absolute Gasteiger partial charge is 0.303 e. The van der Waals surface area contributed by atoms with Gasteiger partial charge in [0.25, 0.3) is 0 Å². The fourth-order valence-electron chi connectivity index (χ4n) is 5.79. The van der Waals surface area contributed by atoms with Crippen LogP contribution in [0.3, 0.4) is 0 Å². The van der Waals surface area contributed by atoms with Gasteiger partial charge in [-0.15, -0.1) is 0 Å². The van der Waals surface area contributed by atoms with Gasteiger partial charge in [0, 0.05) is 37.6 Å². The molecule has 5 rings (SSSR count). The van der Waals surface area contributed by atoms with E-state index in [1.165, 1.54) is 20.8 Å². The van der Waals surface area contributed by atoms with E-state index < -0.39 is 42.3 Å². The second-order valence-electron chi connectivity index (χ2n) is 11.2. The topological polar surface area (TPSA) is 107 Å². The van der Waals surface area contributed by atoms with E-state index in [2.05, 4.69) is 0 Å². The summed E-state index contributed by atoms with van der Waals surface area (Å²) in [6.45, 7) is 5.37. The lowest BCUT2D eigenvalue weighted by molar-refractivity contribution is -0.216. The molecule has 9 nitrogen and oxygen atoms in total. The van der Waals surface area contributed by atoms with E-state index in [-0.39, 0.29) is 19.1 Å². The Balaban J connectivity index is 1.28. The van der Waals surface area contributed by atoms with Crippen LogP contribution in [-0.4, -0.2) is 62.1 Å². The van der Waals surface area contributed by atoms with Crippen LogP contribution in [0.4, 0.5) is 0 Å². The van der Waals surface area contributed by atoms with E-state index >= 15 is 0 Å². The molecule has 3 aliphatic rings. The summed E-state index contributed by atoms with van der Waals surface area (Å²) in [6.07, 6.45) is 0.0957. The molecule has 10 heteroatoms. The van der Waals surface area contributed by atoms with Crippen molar-refractivity contribution >= 4 is 29.5 Å². The molecule has 2 aliphatic heterocycles. The van der Waals surface area contributed by atoms with Gasteiger partial charge in [0.1, 0.15) is 30.7 Å². The molecule has 41 heavy (non-hydrogen) atoms. The van der Waals surface area contributed by atoms with Crippen molar-refractivity contribution in [1.82, 2.24) is 0 Å². The van der Waals surface area contributed by atoms with Crippen molar-refractivity contribution in [2.75, 3.05) is 19.8 Å². The highest BCUT2D eigenvalue weighted by Gasteiger charge is 2.51. The molecule has 0 N–H and O–H groups in total. The van der Waals surface area contributed by atoms with Crippen LogP contribution in [-0.2, 0) is 44.5 Å². The first-order valence-corrected chi connectivity index (χ1v) is 14.2. The van der Waals surface area contributed by atoms with Gasteiger partial charge < -0.3 is 28.4 Å².